The van der Waals surface area contributed by atoms with Crippen molar-refractivity contribution in [2.75, 3.05) is 52.5 Å². The molecule has 9 heteroatoms. The second-order valence-electron chi connectivity index (χ2n) is 8.58. The molecule has 0 N–H and O–H groups in total. The molecule has 34 heavy (non-hydrogen) atoms. The van der Waals surface area contributed by atoms with Gasteiger partial charge >= 0.3 is 0 Å². The SMILES string of the molecule is O=C([C@@H](c1ccccc1)N1CCN(Cc2nc(-c3ccc(Cl)cc3)no2)CC1)N1CCOCC1. The normalized spacial score (nSPS) is 18.7. The van der Waals surface area contributed by atoms with Crippen LogP contribution in [-0.2, 0) is 16.1 Å². The lowest BCUT2D eigenvalue weighted by atomic mass is 10.0. The number of carbonyl (C=O) groups excluding carboxylic acids is 1. The first-order valence-electron chi connectivity index (χ1n) is 11.6. The average molecular weight is 482 g/mol. The summed E-state index contributed by atoms with van der Waals surface area (Å²) in [5.74, 6) is 1.31. The van der Waals surface area contributed by atoms with E-state index in [1.807, 2.05) is 59.5 Å². The second-order valence-corrected chi connectivity index (χ2v) is 9.02. The van der Waals surface area contributed by atoms with E-state index in [0.717, 1.165) is 37.3 Å². The Morgan fingerprint density at radius 3 is 2.35 bits per heavy atom. The molecule has 3 heterocycles. The summed E-state index contributed by atoms with van der Waals surface area (Å²) in [6, 6.07) is 17.2. The van der Waals surface area contributed by atoms with Crippen LogP contribution in [-0.4, -0.2) is 83.2 Å². The van der Waals surface area contributed by atoms with E-state index in [1.54, 1.807) is 0 Å². The van der Waals surface area contributed by atoms with Crippen molar-refractivity contribution in [1.82, 2.24) is 24.8 Å². The van der Waals surface area contributed by atoms with Gasteiger partial charge in [-0.15, -0.1) is 0 Å². The maximum Gasteiger partial charge on any atom is 0.244 e. The molecule has 2 fully saturated rings. The molecule has 2 aromatic carbocycles. The summed E-state index contributed by atoms with van der Waals surface area (Å²) in [5.41, 5.74) is 1.91. The Balaban J connectivity index is 1.23. The van der Waals surface area contributed by atoms with Gasteiger partial charge in [0.1, 0.15) is 6.04 Å². The van der Waals surface area contributed by atoms with Gasteiger partial charge < -0.3 is 14.2 Å². The number of morpholine rings is 1. The van der Waals surface area contributed by atoms with Gasteiger partial charge in [0.05, 0.1) is 19.8 Å². The van der Waals surface area contributed by atoms with Crippen LogP contribution in [0.5, 0.6) is 0 Å². The van der Waals surface area contributed by atoms with Gasteiger partial charge in [-0.1, -0.05) is 47.1 Å². The highest BCUT2D eigenvalue weighted by molar-refractivity contribution is 6.30. The average Bonchev–Trinajstić information content (AvgIpc) is 3.35. The van der Waals surface area contributed by atoms with E-state index in [-0.39, 0.29) is 11.9 Å². The number of aromatic nitrogens is 2. The molecular formula is C25H28ClN5O3. The summed E-state index contributed by atoms with van der Waals surface area (Å²) in [6.45, 7) is 6.29. The predicted octanol–water partition coefficient (Wildman–Crippen LogP) is 3.11. The first kappa shape index (κ1) is 23.0. The van der Waals surface area contributed by atoms with Crippen molar-refractivity contribution in [2.24, 2.45) is 0 Å². The minimum Gasteiger partial charge on any atom is -0.378 e. The fraction of sp³-hybridized carbons (Fsp3) is 0.400. The Bertz CT molecular complexity index is 1080. The molecule has 0 radical (unpaired) electrons. The van der Waals surface area contributed by atoms with Gasteiger partial charge in [0.15, 0.2) is 0 Å². The fourth-order valence-electron chi connectivity index (χ4n) is 4.51. The van der Waals surface area contributed by atoms with Gasteiger partial charge in [-0.05, 0) is 29.8 Å². The molecule has 178 valence electrons. The Morgan fingerprint density at radius 1 is 0.941 bits per heavy atom. The molecule has 1 atom stereocenters. The largest absolute Gasteiger partial charge is 0.378 e. The van der Waals surface area contributed by atoms with Crippen LogP contribution in [0.3, 0.4) is 0 Å². The van der Waals surface area contributed by atoms with Crippen LogP contribution in [0.4, 0.5) is 0 Å². The molecule has 0 aliphatic carbocycles. The maximum absolute atomic E-state index is 13.5. The summed E-state index contributed by atoms with van der Waals surface area (Å²) in [4.78, 5) is 24.6. The van der Waals surface area contributed by atoms with Crippen molar-refractivity contribution in [3.05, 3.63) is 71.1 Å². The summed E-state index contributed by atoms with van der Waals surface area (Å²) < 4.78 is 10.9. The molecule has 1 aromatic heterocycles. The minimum absolute atomic E-state index is 0.160. The van der Waals surface area contributed by atoms with Crippen LogP contribution in [0, 0.1) is 0 Å². The van der Waals surface area contributed by atoms with Crippen LogP contribution < -0.4 is 0 Å². The zero-order chi connectivity index (χ0) is 23.3. The van der Waals surface area contributed by atoms with Crippen molar-refractivity contribution in [3.8, 4) is 11.4 Å². The van der Waals surface area contributed by atoms with E-state index in [1.165, 1.54) is 0 Å². The monoisotopic (exact) mass is 481 g/mol. The molecule has 0 bridgehead atoms. The van der Waals surface area contributed by atoms with Gasteiger partial charge in [-0.3, -0.25) is 14.6 Å². The zero-order valence-electron chi connectivity index (χ0n) is 19.0. The molecule has 0 unspecified atom stereocenters. The number of hydrogen-bond acceptors (Lipinski definition) is 7. The number of rotatable bonds is 6. The van der Waals surface area contributed by atoms with Gasteiger partial charge in [0.25, 0.3) is 0 Å². The molecule has 1 amide bonds. The number of amides is 1. The lowest BCUT2D eigenvalue weighted by Gasteiger charge is -2.40. The summed E-state index contributed by atoms with van der Waals surface area (Å²) >= 11 is 5.97. The number of piperazine rings is 1. The molecule has 3 aromatic rings. The number of halogens is 1. The third kappa shape index (κ3) is 5.31. The van der Waals surface area contributed by atoms with Gasteiger partial charge in [0.2, 0.25) is 17.6 Å². The topological polar surface area (TPSA) is 74.9 Å². The maximum atomic E-state index is 13.5. The number of carbonyl (C=O) groups is 1. The van der Waals surface area contributed by atoms with E-state index in [9.17, 15) is 4.79 Å². The molecule has 8 nitrogen and oxygen atoms in total. The van der Waals surface area contributed by atoms with E-state index in [4.69, 9.17) is 20.9 Å². The van der Waals surface area contributed by atoms with E-state index in [2.05, 4.69) is 19.9 Å². The smallest absolute Gasteiger partial charge is 0.244 e. The Morgan fingerprint density at radius 2 is 1.65 bits per heavy atom. The Kier molecular flexibility index (Phi) is 7.20. The number of hydrogen-bond donors (Lipinski definition) is 0. The summed E-state index contributed by atoms with van der Waals surface area (Å²) in [7, 11) is 0. The van der Waals surface area contributed by atoms with Crippen LogP contribution in [0.25, 0.3) is 11.4 Å². The Hall–Kier alpha value is -2.78. The van der Waals surface area contributed by atoms with Crippen LogP contribution >= 0.6 is 11.6 Å². The van der Waals surface area contributed by atoms with Gasteiger partial charge in [0, 0.05) is 49.9 Å². The standard InChI is InChI=1S/C25H28ClN5O3/c26-21-8-6-20(7-9-21)24-27-22(34-28-24)18-29-10-12-30(13-11-29)23(19-4-2-1-3-5-19)25(32)31-14-16-33-17-15-31/h1-9,23H,10-18H2/t23-/m1/s1. The second kappa shape index (κ2) is 10.7. The third-order valence-corrected chi connectivity index (χ3v) is 6.63. The van der Waals surface area contributed by atoms with Crippen molar-refractivity contribution in [3.63, 3.8) is 0 Å². The van der Waals surface area contributed by atoms with Gasteiger partial charge in [-0.25, -0.2) is 0 Å². The first-order valence-corrected chi connectivity index (χ1v) is 12.0. The molecular weight excluding hydrogens is 454 g/mol. The highest BCUT2D eigenvalue weighted by Crippen LogP contribution is 2.26. The lowest BCUT2D eigenvalue weighted by molar-refractivity contribution is -0.142. The predicted molar refractivity (Wildman–Crippen MR) is 128 cm³/mol. The van der Waals surface area contributed by atoms with E-state index in [0.29, 0.717) is 49.6 Å². The molecule has 2 aliphatic rings. The van der Waals surface area contributed by atoms with E-state index >= 15 is 0 Å². The molecule has 5 rings (SSSR count). The van der Waals surface area contributed by atoms with Crippen molar-refractivity contribution >= 4 is 17.5 Å². The van der Waals surface area contributed by atoms with Crippen LogP contribution in [0.2, 0.25) is 5.02 Å². The van der Waals surface area contributed by atoms with Crippen molar-refractivity contribution in [1.29, 1.82) is 0 Å². The third-order valence-electron chi connectivity index (χ3n) is 6.37. The number of benzene rings is 2. The fourth-order valence-corrected chi connectivity index (χ4v) is 4.63. The zero-order valence-corrected chi connectivity index (χ0v) is 19.7. The molecule has 0 saturated carbocycles. The number of nitrogens with zero attached hydrogens (tertiary/aromatic N) is 5. The van der Waals surface area contributed by atoms with Crippen molar-refractivity contribution < 1.29 is 14.1 Å². The van der Waals surface area contributed by atoms with Crippen molar-refractivity contribution in [2.45, 2.75) is 12.6 Å². The number of ether oxygens (including phenoxy) is 1. The highest BCUT2D eigenvalue weighted by atomic mass is 35.5. The minimum atomic E-state index is -0.277. The lowest BCUT2D eigenvalue weighted by Crippen LogP contribution is -2.52. The summed E-state index contributed by atoms with van der Waals surface area (Å²) in [5, 5.41) is 4.79. The molecule has 2 saturated heterocycles. The Labute approximate surface area is 204 Å². The molecule has 0 spiro atoms. The van der Waals surface area contributed by atoms with Gasteiger partial charge in [-0.2, -0.15) is 4.98 Å². The highest BCUT2D eigenvalue weighted by Gasteiger charge is 2.34. The molecule has 2 aliphatic heterocycles. The van der Waals surface area contributed by atoms with Crippen LogP contribution in [0.1, 0.15) is 17.5 Å². The van der Waals surface area contributed by atoms with E-state index < -0.39 is 0 Å². The quantitative estimate of drug-likeness (QED) is 0.535. The summed E-state index contributed by atoms with van der Waals surface area (Å²) in [6.07, 6.45) is 0. The first-order chi connectivity index (χ1) is 16.7. The van der Waals surface area contributed by atoms with Crippen LogP contribution in [0.15, 0.2) is 59.1 Å².